The molecule has 0 aromatic heterocycles. The monoisotopic (exact) mass is 489 g/mol. The maximum absolute atomic E-state index is 12.8. The summed E-state index contributed by atoms with van der Waals surface area (Å²) in [5.74, 6) is -7.09. The normalized spacial score (nSPS) is 14.4. The first kappa shape index (κ1) is 30.7. The molecule has 34 heavy (non-hydrogen) atoms. The molecule has 4 unspecified atom stereocenters. The summed E-state index contributed by atoms with van der Waals surface area (Å²) >= 11 is 0. The van der Waals surface area contributed by atoms with Gasteiger partial charge in [0, 0.05) is 6.42 Å². The van der Waals surface area contributed by atoms with Crippen LogP contribution < -0.4 is 27.4 Å². The van der Waals surface area contributed by atoms with Gasteiger partial charge in [0.15, 0.2) is 0 Å². The first-order chi connectivity index (χ1) is 15.8. The van der Waals surface area contributed by atoms with Gasteiger partial charge in [-0.25, -0.2) is 4.79 Å². The predicted molar refractivity (Wildman–Crippen MR) is 118 cm³/mol. The first-order valence-electron chi connectivity index (χ1n) is 10.8. The molecule has 0 radical (unpaired) electrons. The lowest BCUT2D eigenvalue weighted by Crippen LogP contribution is -2.57. The zero-order chi connectivity index (χ0) is 26.4. The van der Waals surface area contributed by atoms with Crippen molar-refractivity contribution in [1.29, 1.82) is 0 Å². The number of carboxylic acid groups (broad SMARTS) is 3. The number of carbonyl (C=O) groups is 6. The Balaban J connectivity index is 5.53. The summed E-state index contributed by atoms with van der Waals surface area (Å²) in [5, 5.41) is 33.8. The van der Waals surface area contributed by atoms with Crippen LogP contribution in [0.3, 0.4) is 0 Å². The Labute approximate surface area is 196 Å². The third-order valence-electron chi connectivity index (χ3n) is 4.87. The number of carboxylic acids is 3. The maximum atomic E-state index is 12.8. The highest BCUT2D eigenvalue weighted by molar-refractivity contribution is 5.95. The van der Waals surface area contributed by atoms with Crippen LogP contribution in [0.25, 0.3) is 0 Å². The van der Waals surface area contributed by atoms with Gasteiger partial charge in [-0.2, -0.15) is 0 Å². The van der Waals surface area contributed by atoms with E-state index in [1.165, 1.54) is 0 Å². The Kier molecular flexibility index (Phi) is 14.1. The highest BCUT2D eigenvalue weighted by Gasteiger charge is 2.32. The fourth-order valence-electron chi connectivity index (χ4n) is 2.79. The molecule has 0 aliphatic heterocycles. The number of nitrogens with two attached hydrogens (primary N) is 2. The molecular formula is C20H35N5O9. The smallest absolute Gasteiger partial charge is 0.326 e. The molecular weight excluding hydrogens is 454 g/mol. The number of amides is 3. The Bertz CT molecular complexity index is 744. The Morgan fingerprint density at radius 1 is 0.735 bits per heavy atom. The molecule has 0 bridgehead atoms. The number of nitrogens with one attached hydrogen (secondary N) is 3. The van der Waals surface area contributed by atoms with Crippen LogP contribution >= 0.6 is 0 Å². The van der Waals surface area contributed by atoms with Crippen molar-refractivity contribution in [3.8, 4) is 0 Å². The Morgan fingerprint density at radius 2 is 1.26 bits per heavy atom. The van der Waals surface area contributed by atoms with Crippen LogP contribution in [0.15, 0.2) is 0 Å². The van der Waals surface area contributed by atoms with Crippen molar-refractivity contribution >= 4 is 35.6 Å². The van der Waals surface area contributed by atoms with Crippen LogP contribution in [-0.4, -0.2) is 81.7 Å². The van der Waals surface area contributed by atoms with Crippen molar-refractivity contribution in [2.75, 3.05) is 6.54 Å². The second-order valence-corrected chi connectivity index (χ2v) is 8.11. The van der Waals surface area contributed by atoms with Crippen LogP contribution in [0.4, 0.5) is 0 Å². The van der Waals surface area contributed by atoms with Crippen LogP contribution in [0.1, 0.15) is 52.4 Å². The Hall–Kier alpha value is -3.26. The fourth-order valence-corrected chi connectivity index (χ4v) is 2.79. The van der Waals surface area contributed by atoms with Gasteiger partial charge in [0.1, 0.15) is 18.1 Å². The topological polar surface area (TPSA) is 251 Å². The van der Waals surface area contributed by atoms with Crippen molar-refractivity contribution in [2.45, 2.75) is 76.5 Å². The average Bonchev–Trinajstić information content (AvgIpc) is 2.73. The standard InChI is InChI=1S/C20H35N5O9/c1-10(2)16(22)19(32)23-11(5-3-4-8-21)17(30)25-13(9-15(28)29)18(31)24-12(20(33)34)6-7-14(26)27/h10-13,16H,3-9,21-22H2,1-2H3,(H,23,32)(H,24,31)(H,25,30)(H,26,27)(H,28,29)(H,33,34). The van der Waals surface area contributed by atoms with E-state index >= 15 is 0 Å². The Morgan fingerprint density at radius 3 is 1.74 bits per heavy atom. The molecule has 0 aromatic rings. The molecule has 0 aliphatic rings. The van der Waals surface area contributed by atoms with E-state index < -0.39 is 79.1 Å². The number of rotatable bonds is 17. The van der Waals surface area contributed by atoms with Crippen molar-refractivity contribution in [2.24, 2.45) is 17.4 Å². The lowest BCUT2D eigenvalue weighted by atomic mass is 10.0. The molecule has 14 heteroatoms. The summed E-state index contributed by atoms with van der Waals surface area (Å²) in [6, 6.07) is -5.34. The number of hydrogen-bond donors (Lipinski definition) is 8. The molecule has 14 nitrogen and oxygen atoms in total. The summed E-state index contributed by atoms with van der Waals surface area (Å²) in [6.45, 7) is 3.76. The molecule has 10 N–H and O–H groups in total. The van der Waals surface area contributed by atoms with Crippen molar-refractivity contribution in [1.82, 2.24) is 16.0 Å². The van der Waals surface area contributed by atoms with Gasteiger partial charge >= 0.3 is 17.9 Å². The summed E-state index contributed by atoms with van der Waals surface area (Å²) < 4.78 is 0. The number of carbonyl (C=O) groups excluding carboxylic acids is 3. The molecule has 0 saturated carbocycles. The zero-order valence-electron chi connectivity index (χ0n) is 19.3. The summed E-state index contributed by atoms with van der Waals surface area (Å²) in [4.78, 5) is 71.0. The number of aliphatic carboxylic acids is 3. The molecule has 0 spiro atoms. The summed E-state index contributed by atoms with van der Waals surface area (Å²) in [5.41, 5.74) is 11.3. The highest BCUT2D eigenvalue weighted by Crippen LogP contribution is 2.06. The predicted octanol–water partition coefficient (Wildman–Crippen LogP) is -2.02. The minimum Gasteiger partial charge on any atom is -0.481 e. The van der Waals surface area contributed by atoms with Gasteiger partial charge in [0.05, 0.1) is 12.5 Å². The van der Waals surface area contributed by atoms with E-state index in [1.54, 1.807) is 13.8 Å². The van der Waals surface area contributed by atoms with Gasteiger partial charge < -0.3 is 42.7 Å². The van der Waals surface area contributed by atoms with Crippen molar-refractivity contribution in [3.05, 3.63) is 0 Å². The number of hydrogen-bond acceptors (Lipinski definition) is 8. The third-order valence-corrected chi connectivity index (χ3v) is 4.87. The molecule has 0 rings (SSSR count). The van der Waals surface area contributed by atoms with Crippen molar-refractivity contribution in [3.63, 3.8) is 0 Å². The highest BCUT2D eigenvalue weighted by atomic mass is 16.4. The lowest BCUT2D eigenvalue weighted by molar-refractivity contribution is -0.144. The second-order valence-electron chi connectivity index (χ2n) is 8.11. The molecule has 4 atom stereocenters. The minimum absolute atomic E-state index is 0.136. The molecule has 0 fully saturated rings. The lowest BCUT2D eigenvalue weighted by Gasteiger charge is -2.25. The van der Waals surface area contributed by atoms with Crippen LogP contribution in [0.5, 0.6) is 0 Å². The largest absolute Gasteiger partial charge is 0.481 e. The van der Waals surface area contributed by atoms with Gasteiger partial charge in [-0.1, -0.05) is 13.8 Å². The van der Waals surface area contributed by atoms with E-state index in [9.17, 15) is 33.9 Å². The van der Waals surface area contributed by atoms with Crippen molar-refractivity contribution < 1.29 is 44.1 Å². The SMILES string of the molecule is CC(C)C(N)C(=O)NC(CCCCN)C(=O)NC(CC(=O)O)C(=O)NC(CCC(=O)O)C(=O)O. The van der Waals surface area contributed by atoms with Gasteiger partial charge in [-0.05, 0) is 38.1 Å². The number of unbranched alkanes of at least 4 members (excludes halogenated alkanes) is 1. The molecule has 0 aliphatic carbocycles. The van der Waals surface area contributed by atoms with E-state index in [4.69, 9.17) is 21.7 Å². The van der Waals surface area contributed by atoms with Gasteiger partial charge in [-0.15, -0.1) is 0 Å². The molecule has 194 valence electrons. The second kappa shape index (κ2) is 15.6. The van der Waals surface area contributed by atoms with Gasteiger partial charge in [0.25, 0.3) is 0 Å². The van der Waals surface area contributed by atoms with E-state index in [0.29, 0.717) is 19.4 Å². The van der Waals surface area contributed by atoms with E-state index in [-0.39, 0.29) is 12.3 Å². The fraction of sp³-hybridized carbons (Fsp3) is 0.700. The zero-order valence-corrected chi connectivity index (χ0v) is 19.3. The van der Waals surface area contributed by atoms with E-state index in [2.05, 4.69) is 10.6 Å². The molecule has 0 aromatic carbocycles. The van der Waals surface area contributed by atoms with E-state index in [1.807, 2.05) is 5.32 Å². The summed E-state index contributed by atoms with van der Waals surface area (Å²) in [6.07, 6.45) is -0.764. The third kappa shape index (κ3) is 12.1. The van der Waals surface area contributed by atoms with E-state index in [0.717, 1.165) is 0 Å². The van der Waals surface area contributed by atoms with Gasteiger partial charge in [-0.3, -0.25) is 24.0 Å². The maximum Gasteiger partial charge on any atom is 0.326 e. The average molecular weight is 490 g/mol. The summed E-state index contributed by atoms with van der Waals surface area (Å²) in [7, 11) is 0. The van der Waals surface area contributed by atoms with Crippen LogP contribution in [-0.2, 0) is 28.8 Å². The van der Waals surface area contributed by atoms with Crippen LogP contribution in [0.2, 0.25) is 0 Å². The molecule has 0 saturated heterocycles. The van der Waals surface area contributed by atoms with Crippen LogP contribution in [0, 0.1) is 5.92 Å². The molecule has 3 amide bonds. The first-order valence-corrected chi connectivity index (χ1v) is 10.8. The minimum atomic E-state index is -1.68. The van der Waals surface area contributed by atoms with Gasteiger partial charge in [0.2, 0.25) is 17.7 Å². The molecule has 0 heterocycles. The quantitative estimate of drug-likeness (QED) is 0.103.